The predicted octanol–water partition coefficient (Wildman–Crippen LogP) is 12.8. The Morgan fingerprint density at radius 1 is 0.356 bits per heavy atom. The molecule has 1 aliphatic carbocycles. The molecule has 5 aromatic carbocycles. The molecule has 6 rings (SSSR count). The highest BCUT2D eigenvalue weighted by Gasteiger charge is 2.13. The molecule has 0 aliphatic heterocycles. The van der Waals surface area contributed by atoms with Crippen molar-refractivity contribution in [3.8, 4) is 34.5 Å². The normalized spacial score (nSPS) is 15.4. The van der Waals surface area contributed by atoms with Crippen LogP contribution in [-0.2, 0) is 0 Å². The Morgan fingerprint density at radius 3 is 1.02 bits per heavy atom. The molecule has 0 N–H and O–H groups in total. The summed E-state index contributed by atoms with van der Waals surface area (Å²) in [6.45, 7) is 12.9. The lowest BCUT2D eigenvalue weighted by molar-refractivity contribution is 0.308. The molecule has 0 amide bonds. The van der Waals surface area contributed by atoms with E-state index in [-0.39, 0.29) is 0 Å². The van der Waals surface area contributed by atoms with E-state index in [1.165, 1.54) is 47.9 Å². The molecule has 1 fully saturated rings. The highest BCUT2D eigenvalue weighted by Crippen LogP contribution is 2.29. The van der Waals surface area contributed by atoms with Crippen LogP contribution in [0.3, 0.4) is 0 Å². The van der Waals surface area contributed by atoms with Gasteiger partial charge in [0.05, 0.1) is 0 Å². The maximum atomic E-state index is 5.88. The zero-order chi connectivity index (χ0) is 32.0. The maximum absolute atomic E-state index is 5.88. The lowest BCUT2D eigenvalue weighted by Crippen LogP contribution is -2.08. The fourth-order valence-electron chi connectivity index (χ4n) is 5.08. The van der Waals surface area contributed by atoms with Crippen molar-refractivity contribution >= 4 is 0 Å². The maximum Gasteiger partial charge on any atom is 0.131 e. The van der Waals surface area contributed by atoms with Gasteiger partial charge in [-0.2, -0.15) is 0 Å². The topological polar surface area (TPSA) is 27.7 Å². The average molecular weight is 601 g/mol. The van der Waals surface area contributed by atoms with Crippen LogP contribution in [0.4, 0.5) is 0 Å². The number of ether oxygens (including phenoxy) is 3. The van der Waals surface area contributed by atoms with Crippen molar-refractivity contribution in [1.29, 1.82) is 0 Å². The first-order valence-electron chi connectivity index (χ1n) is 16.1. The van der Waals surface area contributed by atoms with E-state index < -0.39 is 0 Å². The average Bonchev–Trinajstić information content (AvgIpc) is 3.01. The van der Waals surface area contributed by atoms with Crippen LogP contribution in [0, 0.1) is 39.5 Å². The van der Waals surface area contributed by atoms with Crippen LogP contribution in [0.5, 0.6) is 34.5 Å². The minimum Gasteiger partial charge on any atom is -0.457 e. The van der Waals surface area contributed by atoms with Crippen LogP contribution in [-0.4, -0.2) is 0 Å². The fraction of sp³-hybridized carbons (Fsp3) is 0.286. The van der Waals surface area contributed by atoms with Crippen molar-refractivity contribution in [3.63, 3.8) is 0 Å². The molecule has 234 valence electrons. The summed E-state index contributed by atoms with van der Waals surface area (Å²) in [7, 11) is 0. The van der Waals surface area contributed by atoms with E-state index in [0.29, 0.717) is 0 Å². The predicted molar refractivity (Wildman–Crippen MR) is 188 cm³/mol. The van der Waals surface area contributed by atoms with Gasteiger partial charge in [-0.15, -0.1) is 0 Å². The zero-order valence-electron chi connectivity index (χ0n) is 27.8. The summed E-state index contributed by atoms with van der Waals surface area (Å²) in [4.78, 5) is 0. The van der Waals surface area contributed by atoms with E-state index in [9.17, 15) is 0 Å². The number of benzene rings is 5. The fourth-order valence-corrected chi connectivity index (χ4v) is 5.08. The molecule has 0 atom stereocenters. The third-order valence-corrected chi connectivity index (χ3v) is 7.81. The first-order chi connectivity index (χ1) is 21.7. The van der Waals surface area contributed by atoms with Crippen LogP contribution in [0.25, 0.3) is 0 Å². The quantitative estimate of drug-likeness (QED) is 0.194. The van der Waals surface area contributed by atoms with Crippen LogP contribution < -0.4 is 14.2 Å². The monoisotopic (exact) mass is 600 g/mol. The largest absolute Gasteiger partial charge is 0.457 e. The molecule has 0 saturated heterocycles. The first-order valence-corrected chi connectivity index (χ1v) is 16.1. The molecule has 0 unspecified atom stereocenters. The van der Waals surface area contributed by atoms with Crippen LogP contribution >= 0.6 is 0 Å². The second-order valence-electron chi connectivity index (χ2n) is 12.4. The van der Waals surface area contributed by atoms with Gasteiger partial charge < -0.3 is 14.2 Å². The van der Waals surface area contributed by atoms with E-state index in [2.05, 4.69) is 33.8 Å². The number of rotatable bonds is 6. The van der Waals surface area contributed by atoms with E-state index >= 15 is 0 Å². The van der Waals surface area contributed by atoms with Gasteiger partial charge in [0, 0.05) is 6.07 Å². The third kappa shape index (κ3) is 12.2. The van der Waals surface area contributed by atoms with Gasteiger partial charge in [-0.05, 0) is 117 Å². The Morgan fingerprint density at radius 2 is 0.667 bits per heavy atom. The van der Waals surface area contributed by atoms with Gasteiger partial charge in [-0.1, -0.05) is 99.7 Å². The van der Waals surface area contributed by atoms with Gasteiger partial charge in [0.2, 0.25) is 0 Å². The Balaban J connectivity index is 0.000000172. The molecule has 1 aliphatic rings. The van der Waals surface area contributed by atoms with Crippen molar-refractivity contribution < 1.29 is 14.2 Å². The molecule has 0 heterocycles. The summed E-state index contributed by atoms with van der Waals surface area (Å²) in [6.07, 6.45) is 5.89. The van der Waals surface area contributed by atoms with Gasteiger partial charge in [0.15, 0.2) is 0 Å². The van der Waals surface area contributed by atoms with Crippen LogP contribution in [0.2, 0.25) is 0 Å². The zero-order valence-corrected chi connectivity index (χ0v) is 27.8. The van der Waals surface area contributed by atoms with Crippen molar-refractivity contribution in [3.05, 3.63) is 144 Å². The summed E-state index contributed by atoms with van der Waals surface area (Å²) in [5.41, 5.74) is 4.79. The van der Waals surface area contributed by atoms with Gasteiger partial charge >= 0.3 is 0 Å². The van der Waals surface area contributed by atoms with E-state index in [0.717, 1.165) is 46.3 Å². The van der Waals surface area contributed by atoms with E-state index in [4.69, 9.17) is 14.2 Å². The lowest BCUT2D eigenvalue weighted by atomic mass is 9.84. The summed E-state index contributed by atoms with van der Waals surface area (Å²) in [5, 5.41) is 0. The molecule has 0 aromatic heterocycles. The molecule has 0 radical (unpaired) electrons. The number of hydrogen-bond acceptors (Lipinski definition) is 3. The first kappa shape index (κ1) is 33.4. The Labute approximate surface area is 270 Å². The SMILES string of the molecule is CC1CCC(C)CC1.Cc1ccc(Oc2cccc(C)c2)cc1.Cc1cccc(Oc2cccc(Oc3cccc(C)c3)c2)c1. The van der Waals surface area contributed by atoms with Gasteiger partial charge in [0.25, 0.3) is 0 Å². The molecule has 45 heavy (non-hydrogen) atoms. The number of hydrogen-bond donors (Lipinski definition) is 0. The van der Waals surface area contributed by atoms with Crippen molar-refractivity contribution in [2.75, 3.05) is 0 Å². The molecule has 1 saturated carbocycles. The van der Waals surface area contributed by atoms with Gasteiger partial charge in [-0.3, -0.25) is 0 Å². The van der Waals surface area contributed by atoms with Crippen molar-refractivity contribution in [2.24, 2.45) is 11.8 Å². The smallest absolute Gasteiger partial charge is 0.131 e. The summed E-state index contributed by atoms with van der Waals surface area (Å²) >= 11 is 0. The Kier molecular flexibility index (Phi) is 12.7. The molecule has 0 spiro atoms. The van der Waals surface area contributed by atoms with Crippen LogP contribution in [0.1, 0.15) is 61.8 Å². The van der Waals surface area contributed by atoms with Crippen LogP contribution in [0.15, 0.2) is 121 Å². The molecule has 3 nitrogen and oxygen atoms in total. The highest BCUT2D eigenvalue weighted by atomic mass is 16.5. The van der Waals surface area contributed by atoms with Gasteiger partial charge in [-0.25, -0.2) is 0 Å². The molecule has 3 heteroatoms. The summed E-state index contributed by atoms with van der Waals surface area (Å²) in [6, 6.07) is 39.7. The Bertz CT molecular complexity index is 1520. The minimum atomic E-state index is 0.760. The second-order valence-corrected chi connectivity index (χ2v) is 12.4. The third-order valence-electron chi connectivity index (χ3n) is 7.81. The molecule has 5 aromatic rings. The Hall–Kier alpha value is -4.50. The minimum absolute atomic E-state index is 0.760. The standard InChI is InChI=1S/C20H18O2.C14H14O.C8H16/c1-15-6-3-8-17(12-15)21-19-10-5-11-20(14-19)22-18-9-4-7-16(2)13-18;1-11-6-8-13(9-7-11)15-14-5-3-4-12(2)10-14;1-7-3-5-8(2)6-4-7/h3-14H,1-2H3;3-10H,1-2H3;7-8H,3-6H2,1-2H3. The molecule has 0 bridgehead atoms. The van der Waals surface area contributed by atoms with Crippen molar-refractivity contribution in [1.82, 2.24) is 0 Å². The molecular formula is C42H48O3. The summed E-state index contributed by atoms with van der Waals surface area (Å²) in [5.74, 6) is 6.98. The van der Waals surface area contributed by atoms with Gasteiger partial charge in [0.1, 0.15) is 34.5 Å². The van der Waals surface area contributed by atoms with Crippen molar-refractivity contribution in [2.45, 2.75) is 67.2 Å². The highest BCUT2D eigenvalue weighted by molar-refractivity contribution is 5.40. The summed E-state index contributed by atoms with van der Waals surface area (Å²) < 4.78 is 17.5. The lowest BCUT2D eigenvalue weighted by Gasteiger charge is -2.22. The second kappa shape index (κ2) is 17.1. The number of aryl methyl sites for hydroxylation is 4. The van der Waals surface area contributed by atoms with E-state index in [1.807, 2.05) is 129 Å². The van der Waals surface area contributed by atoms with E-state index in [1.54, 1.807) is 0 Å². The molecular weight excluding hydrogens is 552 g/mol.